The first-order chi connectivity index (χ1) is 4.13. The summed E-state index contributed by atoms with van der Waals surface area (Å²) in [4.78, 5) is 0. The van der Waals surface area contributed by atoms with E-state index < -0.39 is 6.17 Å². The van der Waals surface area contributed by atoms with Crippen molar-refractivity contribution in [2.75, 3.05) is 0 Å². The van der Waals surface area contributed by atoms with E-state index in [2.05, 4.69) is 20.8 Å². The Kier molecular flexibility index (Phi) is 4.74. The summed E-state index contributed by atoms with van der Waals surface area (Å²) >= 11 is 0. The van der Waals surface area contributed by atoms with Crippen molar-refractivity contribution in [1.82, 2.24) is 0 Å². The first-order valence-corrected chi connectivity index (χ1v) is 3.77. The maximum Gasteiger partial charge on any atom is 0.100 e. The van der Waals surface area contributed by atoms with Gasteiger partial charge in [-0.1, -0.05) is 20.8 Å². The van der Waals surface area contributed by atoms with Crippen LogP contribution in [0.5, 0.6) is 0 Å². The topological polar surface area (TPSA) is 0 Å². The molecule has 0 nitrogen and oxygen atoms in total. The molecule has 0 amide bonds. The molecule has 1 aliphatic carbocycles. The lowest BCUT2D eigenvalue weighted by atomic mass is 9.98. The van der Waals surface area contributed by atoms with Gasteiger partial charge in [-0.3, -0.25) is 0 Å². The fourth-order valence-corrected chi connectivity index (χ4v) is 0.358. The lowest BCUT2D eigenvalue weighted by Crippen LogP contribution is -2.09. The van der Waals surface area contributed by atoms with Gasteiger partial charge in [-0.2, -0.15) is 0 Å². The molecule has 0 spiro atoms. The van der Waals surface area contributed by atoms with Gasteiger partial charge in [-0.15, -0.1) is 0 Å². The maximum atomic E-state index is 11.5. The van der Waals surface area contributed by atoms with Gasteiger partial charge in [-0.25, -0.2) is 4.39 Å². The first kappa shape index (κ1) is 8.93. The molecule has 0 aromatic rings. The van der Waals surface area contributed by atoms with Gasteiger partial charge in [-0.05, 0) is 25.2 Å². The molecule has 1 aliphatic rings. The maximum absolute atomic E-state index is 11.5. The van der Waals surface area contributed by atoms with Crippen LogP contribution in [-0.2, 0) is 0 Å². The fourth-order valence-electron chi connectivity index (χ4n) is 0.358. The molecule has 1 saturated carbocycles. The van der Waals surface area contributed by atoms with E-state index >= 15 is 0 Å². The highest BCUT2D eigenvalue weighted by Gasteiger charge is 2.14. The molecular formula is C8H17F. The van der Waals surface area contributed by atoms with E-state index in [1.54, 1.807) is 0 Å². The van der Waals surface area contributed by atoms with E-state index in [0.29, 0.717) is 0 Å². The number of alkyl halides is 1. The van der Waals surface area contributed by atoms with Gasteiger partial charge in [0, 0.05) is 0 Å². The van der Waals surface area contributed by atoms with Gasteiger partial charge >= 0.3 is 0 Å². The third kappa shape index (κ3) is 7.93. The predicted molar refractivity (Wildman–Crippen MR) is 39.3 cm³/mol. The molecule has 1 heteroatoms. The lowest BCUT2D eigenvalue weighted by Gasteiger charge is -2.14. The standard InChI is InChI=1S/C4H7F.C4H10/c5-4-2-1-3-4;1-4(2)3/h4H,1-3H2;4H,1-3H3. The number of hydrogen-bond acceptors (Lipinski definition) is 0. The van der Waals surface area contributed by atoms with Gasteiger partial charge in [0.25, 0.3) is 0 Å². The number of hydrogen-bond donors (Lipinski definition) is 0. The van der Waals surface area contributed by atoms with E-state index in [0.717, 1.165) is 25.2 Å². The van der Waals surface area contributed by atoms with E-state index in [4.69, 9.17) is 0 Å². The molecule has 0 saturated heterocycles. The van der Waals surface area contributed by atoms with Gasteiger partial charge in [0.2, 0.25) is 0 Å². The second kappa shape index (κ2) is 4.78. The van der Waals surface area contributed by atoms with Crippen LogP contribution in [-0.4, -0.2) is 6.17 Å². The molecule has 56 valence electrons. The van der Waals surface area contributed by atoms with Crippen LogP contribution in [0.2, 0.25) is 0 Å². The summed E-state index contributed by atoms with van der Waals surface area (Å²) < 4.78 is 11.5. The molecule has 0 unspecified atom stereocenters. The van der Waals surface area contributed by atoms with Crippen molar-refractivity contribution in [3.63, 3.8) is 0 Å². The van der Waals surface area contributed by atoms with Gasteiger partial charge < -0.3 is 0 Å². The number of rotatable bonds is 0. The van der Waals surface area contributed by atoms with E-state index in [9.17, 15) is 4.39 Å². The van der Waals surface area contributed by atoms with Crippen molar-refractivity contribution >= 4 is 0 Å². The Morgan fingerprint density at radius 1 is 1.22 bits per heavy atom. The second-order valence-electron chi connectivity index (χ2n) is 3.26. The smallest absolute Gasteiger partial charge is 0.100 e. The van der Waals surface area contributed by atoms with Gasteiger partial charge in [0.15, 0.2) is 0 Å². The van der Waals surface area contributed by atoms with Crippen LogP contribution in [0.15, 0.2) is 0 Å². The van der Waals surface area contributed by atoms with Crippen LogP contribution in [0.3, 0.4) is 0 Å². The Bertz CT molecular complexity index is 52.8. The second-order valence-corrected chi connectivity index (χ2v) is 3.26. The zero-order valence-corrected chi connectivity index (χ0v) is 6.65. The summed E-state index contributed by atoms with van der Waals surface area (Å²) in [6.07, 6.45) is 2.32. The van der Waals surface area contributed by atoms with Crippen LogP contribution in [0.25, 0.3) is 0 Å². The van der Waals surface area contributed by atoms with Crippen LogP contribution >= 0.6 is 0 Å². The predicted octanol–water partition coefficient (Wildman–Crippen LogP) is 3.17. The molecule has 9 heavy (non-hydrogen) atoms. The molecule has 0 aromatic heterocycles. The van der Waals surface area contributed by atoms with E-state index in [-0.39, 0.29) is 0 Å². The fraction of sp³-hybridized carbons (Fsp3) is 1.00. The highest BCUT2D eigenvalue weighted by Crippen LogP contribution is 2.20. The summed E-state index contributed by atoms with van der Waals surface area (Å²) in [5, 5.41) is 0. The van der Waals surface area contributed by atoms with Crippen molar-refractivity contribution < 1.29 is 4.39 Å². The summed E-state index contributed by atoms with van der Waals surface area (Å²) in [5.41, 5.74) is 0. The van der Waals surface area contributed by atoms with Crippen LogP contribution < -0.4 is 0 Å². The minimum absolute atomic E-state index is 0.435. The molecule has 0 bridgehead atoms. The van der Waals surface area contributed by atoms with Crippen molar-refractivity contribution in [3.05, 3.63) is 0 Å². The van der Waals surface area contributed by atoms with Gasteiger partial charge in [0.05, 0.1) is 0 Å². The lowest BCUT2D eigenvalue weighted by molar-refractivity contribution is 0.211. The minimum atomic E-state index is -0.435. The molecule has 0 atom stereocenters. The number of halogens is 1. The van der Waals surface area contributed by atoms with Crippen LogP contribution in [0, 0.1) is 5.92 Å². The van der Waals surface area contributed by atoms with Crippen molar-refractivity contribution in [2.24, 2.45) is 5.92 Å². The average Bonchev–Trinajstić information content (AvgIpc) is 1.59. The summed E-state index contributed by atoms with van der Waals surface area (Å²) in [7, 11) is 0. The highest BCUT2D eigenvalue weighted by atomic mass is 19.1. The molecule has 1 fully saturated rings. The third-order valence-electron chi connectivity index (χ3n) is 1.03. The van der Waals surface area contributed by atoms with E-state index in [1.807, 2.05) is 0 Å². The molecule has 0 aliphatic heterocycles. The minimum Gasteiger partial charge on any atom is -0.247 e. The highest BCUT2D eigenvalue weighted by molar-refractivity contribution is 4.65. The summed E-state index contributed by atoms with van der Waals surface area (Å²) in [6.45, 7) is 6.50. The normalized spacial score (nSPS) is 18.3. The molecule has 0 N–H and O–H groups in total. The zero-order chi connectivity index (χ0) is 7.28. The quantitative estimate of drug-likeness (QED) is 0.475. The Balaban J connectivity index is 0.000000148. The molecular weight excluding hydrogens is 115 g/mol. The Labute approximate surface area is 57.5 Å². The Morgan fingerprint density at radius 2 is 1.44 bits per heavy atom. The average molecular weight is 132 g/mol. The zero-order valence-electron chi connectivity index (χ0n) is 6.65. The van der Waals surface area contributed by atoms with Crippen LogP contribution in [0.1, 0.15) is 40.0 Å². The largest absolute Gasteiger partial charge is 0.247 e. The van der Waals surface area contributed by atoms with Crippen LogP contribution in [0.4, 0.5) is 4.39 Å². The monoisotopic (exact) mass is 132 g/mol. The third-order valence-corrected chi connectivity index (χ3v) is 1.03. The molecule has 0 heterocycles. The Morgan fingerprint density at radius 3 is 1.44 bits per heavy atom. The van der Waals surface area contributed by atoms with Crippen molar-refractivity contribution in [2.45, 2.75) is 46.2 Å². The summed E-state index contributed by atoms with van der Waals surface area (Å²) in [6, 6.07) is 0. The first-order valence-electron chi connectivity index (χ1n) is 3.77. The molecule has 1 rings (SSSR count). The SMILES string of the molecule is CC(C)C.FC1CCC1. The van der Waals surface area contributed by atoms with Gasteiger partial charge in [0.1, 0.15) is 6.17 Å². The Hall–Kier alpha value is -0.0700. The van der Waals surface area contributed by atoms with Crippen molar-refractivity contribution in [1.29, 1.82) is 0 Å². The van der Waals surface area contributed by atoms with E-state index in [1.165, 1.54) is 0 Å². The van der Waals surface area contributed by atoms with Crippen molar-refractivity contribution in [3.8, 4) is 0 Å². The summed E-state index contributed by atoms with van der Waals surface area (Å²) in [5.74, 6) is 0.833. The molecule has 0 radical (unpaired) electrons. The molecule has 0 aromatic carbocycles.